The molecule has 1 atom stereocenters. The van der Waals surface area contributed by atoms with Crippen LogP contribution in [-0.2, 0) is 14.4 Å². The molecule has 4 N–H and O–H groups in total. The van der Waals surface area contributed by atoms with Gasteiger partial charge < -0.3 is 21.0 Å². The number of rotatable bonds is 7. The van der Waals surface area contributed by atoms with E-state index in [1.807, 2.05) is 37.3 Å². The molecule has 1 aromatic heterocycles. The standard InChI is InChI=1S/C23H22N4O4/c1-13(27-30-2)15-5-8-17-19(11-15)26-10-9-20(17)31-16-6-3-14(4-7-16)18-12-23(18,21(24)28)22(25)29/h3-11,18H,12H2,1-2H3,(H2,24,28)(H2,25,29)/b27-13+. The van der Waals surface area contributed by atoms with Crippen LogP contribution in [0.4, 0.5) is 0 Å². The van der Waals surface area contributed by atoms with E-state index in [1.165, 1.54) is 7.11 Å². The van der Waals surface area contributed by atoms with Crippen LogP contribution >= 0.6 is 0 Å². The fourth-order valence-corrected chi connectivity index (χ4v) is 3.85. The first-order valence-electron chi connectivity index (χ1n) is 9.71. The Bertz CT molecular complexity index is 1190. The quantitative estimate of drug-likeness (QED) is 0.346. The number of nitrogens with zero attached hydrogens (tertiary/aromatic N) is 2. The molecule has 0 aliphatic heterocycles. The minimum absolute atomic E-state index is 0.297. The first kappa shape index (κ1) is 20.3. The number of primary amides is 2. The Balaban J connectivity index is 1.57. The van der Waals surface area contributed by atoms with Gasteiger partial charge in [0.15, 0.2) is 0 Å². The number of amides is 2. The zero-order valence-corrected chi connectivity index (χ0v) is 17.2. The number of hydrogen-bond donors (Lipinski definition) is 2. The lowest BCUT2D eigenvalue weighted by Crippen LogP contribution is -2.38. The van der Waals surface area contributed by atoms with Crippen LogP contribution < -0.4 is 16.2 Å². The van der Waals surface area contributed by atoms with Gasteiger partial charge in [-0.1, -0.05) is 23.4 Å². The summed E-state index contributed by atoms with van der Waals surface area (Å²) in [7, 11) is 1.50. The third-order valence-corrected chi connectivity index (χ3v) is 5.70. The van der Waals surface area contributed by atoms with Crippen LogP contribution in [0.2, 0.25) is 0 Å². The van der Waals surface area contributed by atoms with E-state index in [2.05, 4.69) is 10.1 Å². The number of benzene rings is 2. The fourth-order valence-electron chi connectivity index (χ4n) is 3.85. The molecule has 8 nitrogen and oxygen atoms in total. The van der Waals surface area contributed by atoms with Crippen molar-refractivity contribution in [2.45, 2.75) is 19.3 Å². The van der Waals surface area contributed by atoms with Crippen LogP contribution in [0.3, 0.4) is 0 Å². The van der Waals surface area contributed by atoms with Crippen LogP contribution in [0.5, 0.6) is 11.5 Å². The minimum atomic E-state index is -1.29. The second-order valence-corrected chi connectivity index (χ2v) is 7.53. The highest BCUT2D eigenvalue weighted by Gasteiger charge is 2.64. The maximum absolute atomic E-state index is 11.7. The summed E-state index contributed by atoms with van der Waals surface area (Å²) in [4.78, 5) is 32.7. The lowest BCUT2D eigenvalue weighted by Gasteiger charge is -2.11. The van der Waals surface area contributed by atoms with Gasteiger partial charge in [-0.15, -0.1) is 0 Å². The summed E-state index contributed by atoms with van der Waals surface area (Å²) in [6.45, 7) is 1.86. The monoisotopic (exact) mass is 418 g/mol. The van der Waals surface area contributed by atoms with Crippen molar-refractivity contribution in [3.8, 4) is 11.5 Å². The summed E-state index contributed by atoms with van der Waals surface area (Å²) in [5.41, 5.74) is 12.8. The predicted molar refractivity (Wildman–Crippen MR) is 116 cm³/mol. The van der Waals surface area contributed by atoms with Crippen molar-refractivity contribution in [3.63, 3.8) is 0 Å². The maximum atomic E-state index is 11.7. The van der Waals surface area contributed by atoms with Gasteiger partial charge in [0, 0.05) is 23.1 Å². The molecule has 0 bridgehead atoms. The molecule has 4 rings (SSSR count). The molecule has 1 fully saturated rings. The first-order chi connectivity index (χ1) is 14.9. The molecule has 158 valence electrons. The summed E-state index contributed by atoms with van der Waals surface area (Å²) < 4.78 is 6.06. The number of hydrogen-bond acceptors (Lipinski definition) is 6. The van der Waals surface area contributed by atoms with Gasteiger partial charge >= 0.3 is 0 Å². The first-order valence-corrected chi connectivity index (χ1v) is 9.71. The van der Waals surface area contributed by atoms with Crippen molar-refractivity contribution in [2.75, 3.05) is 7.11 Å². The molecule has 1 aliphatic carbocycles. The molecule has 2 aromatic carbocycles. The second kappa shape index (κ2) is 7.71. The molecule has 0 saturated heterocycles. The Morgan fingerprint density at radius 3 is 2.42 bits per heavy atom. The summed E-state index contributed by atoms with van der Waals surface area (Å²) in [6.07, 6.45) is 2.01. The molecule has 0 spiro atoms. The van der Waals surface area contributed by atoms with E-state index < -0.39 is 17.2 Å². The molecule has 1 unspecified atom stereocenters. The van der Waals surface area contributed by atoms with Gasteiger partial charge in [0.05, 0.1) is 11.2 Å². The molecular formula is C23H22N4O4. The highest BCUT2D eigenvalue weighted by atomic mass is 16.6. The van der Waals surface area contributed by atoms with Crippen molar-refractivity contribution in [2.24, 2.45) is 22.0 Å². The van der Waals surface area contributed by atoms with E-state index in [1.54, 1.807) is 24.4 Å². The zero-order valence-electron chi connectivity index (χ0n) is 17.2. The minimum Gasteiger partial charge on any atom is -0.457 e. The van der Waals surface area contributed by atoms with E-state index in [-0.39, 0.29) is 5.92 Å². The van der Waals surface area contributed by atoms with E-state index in [9.17, 15) is 9.59 Å². The van der Waals surface area contributed by atoms with Crippen molar-refractivity contribution < 1.29 is 19.2 Å². The Morgan fingerprint density at radius 1 is 1.10 bits per heavy atom. The molecular weight excluding hydrogens is 396 g/mol. The molecule has 1 saturated carbocycles. The van der Waals surface area contributed by atoms with Crippen molar-refractivity contribution in [3.05, 3.63) is 65.9 Å². The van der Waals surface area contributed by atoms with Gasteiger partial charge in [-0.05, 0) is 49.2 Å². The number of carbonyl (C=O) groups excluding carboxylic acids is 2. The summed E-state index contributed by atoms with van der Waals surface area (Å²) in [5, 5.41) is 4.80. The van der Waals surface area contributed by atoms with Crippen molar-refractivity contribution in [1.29, 1.82) is 0 Å². The van der Waals surface area contributed by atoms with Gasteiger partial charge in [0.25, 0.3) is 0 Å². The number of aromatic nitrogens is 1. The number of pyridine rings is 1. The highest BCUT2D eigenvalue weighted by molar-refractivity contribution is 6.08. The number of carbonyl (C=O) groups is 2. The van der Waals surface area contributed by atoms with Crippen LogP contribution in [0, 0.1) is 5.41 Å². The van der Waals surface area contributed by atoms with Crippen molar-refractivity contribution in [1.82, 2.24) is 4.98 Å². The smallest absolute Gasteiger partial charge is 0.233 e. The Kier molecular flexibility index (Phi) is 5.06. The molecule has 8 heteroatoms. The molecule has 1 aliphatic rings. The number of oxime groups is 1. The highest BCUT2D eigenvalue weighted by Crippen LogP contribution is 2.59. The SMILES string of the molecule is CO/N=C(\C)c1ccc2c(Oc3ccc(C4CC4(C(N)=O)C(N)=O)cc3)ccnc2c1. The number of ether oxygens (including phenoxy) is 1. The van der Waals surface area contributed by atoms with Crippen LogP contribution in [0.1, 0.15) is 30.4 Å². The second-order valence-electron chi connectivity index (χ2n) is 7.53. The van der Waals surface area contributed by atoms with Crippen molar-refractivity contribution >= 4 is 28.4 Å². The third-order valence-electron chi connectivity index (χ3n) is 5.70. The predicted octanol–water partition coefficient (Wildman–Crippen LogP) is 2.84. The topological polar surface area (TPSA) is 130 Å². The van der Waals surface area contributed by atoms with Crippen LogP contribution in [0.15, 0.2) is 59.9 Å². The third kappa shape index (κ3) is 3.56. The number of nitrogens with two attached hydrogens (primary N) is 2. The van der Waals surface area contributed by atoms with E-state index >= 15 is 0 Å². The molecule has 1 heterocycles. The maximum Gasteiger partial charge on any atom is 0.233 e. The molecule has 31 heavy (non-hydrogen) atoms. The van der Waals surface area contributed by atoms with Crippen LogP contribution in [0.25, 0.3) is 10.9 Å². The fraction of sp³-hybridized carbons (Fsp3) is 0.217. The van der Waals surface area contributed by atoms with Gasteiger partial charge in [-0.2, -0.15) is 0 Å². The molecule has 0 radical (unpaired) electrons. The Hall–Kier alpha value is -3.94. The largest absolute Gasteiger partial charge is 0.457 e. The summed E-state index contributed by atoms with van der Waals surface area (Å²) >= 11 is 0. The van der Waals surface area contributed by atoms with E-state index in [4.69, 9.17) is 21.0 Å². The summed E-state index contributed by atoms with van der Waals surface area (Å²) in [6, 6.07) is 14.8. The van der Waals surface area contributed by atoms with Gasteiger partial charge in [-0.3, -0.25) is 14.6 Å². The number of fused-ring (bicyclic) bond motifs is 1. The molecule has 3 aromatic rings. The zero-order chi connectivity index (χ0) is 22.2. The van der Waals surface area contributed by atoms with Gasteiger partial charge in [-0.25, -0.2) is 0 Å². The van der Waals surface area contributed by atoms with Gasteiger partial charge in [0.1, 0.15) is 24.0 Å². The average Bonchev–Trinajstić information content (AvgIpc) is 3.52. The normalized spacial score (nSPS) is 17.2. The van der Waals surface area contributed by atoms with E-state index in [0.29, 0.717) is 17.9 Å². The Morgan fingerprint density at radius 2 is 1.81 bits per heavy atom. The average molecular weight is 418 g/mol. The molecule has 2 amide bonds. The van der Waals surface area contributed by atoms with E-state index in [0.717, 1.165) is 27.7 Å². The lowest BCUT2D eigenvalue weighted by atomic mass is 9.97. The summed E-state index contributed by atoms with van der Waals surface area (Å²) in [5.74, 6) is -0.395. The van der Waals surface area contributed by atoms with Crippen LogP contribution in [-0.4, -0.2) is 29.6 Å². The lowest BCUT2D eigenvalue weighted by molar-refractivity contribution is -0.133. The Labute approximate surface area is 178 Å². The van der Waals surface area contributed by atoms with Gasteiger partial charge in [0.2, 0.25) is 11.8 Å².